The normalized spacial score (nSPS) is 28.4. The van der Waals surface area contributed by atoms with Crippen LogP contribution in [0.15, 0.2) is 12.2 Å². The Hall–Kier alpha value is -1.52. The first-order valence-corrected chi connectivity index (χ1v) is 5.73. The number of urea groups is 1. The molecule has 0 spiro atoms. The molecule has 1 aliphatic carbocycles. The summed E-state index contributed by atoms with van der Waals surface area (Å²) in [6.45, 7) is 1.09. The number of hydrogen-bond acceptors (Lipinski definition) is 2. The van der Waals surface area contributed by atoms with Crippen LogP contribution >= 0.6 is 0 Å². The molecule has 0 aromatic heterocycles. The molecule has 3 N–H and O–H groups in total. The standard InChI is InChI=1S/C11H17N3O2/c15-10(9-7-13-11(16)14-9)12-6-8-4-2-1-3-5-8/h1-2,8-9H,3-7H2,(H,12,15)(H2,13,14,16)/t8-,9+/m0/s1. The van der Waals surface area contributed by atoms with Crippen molar-refractivity contribution in [2.45, 2.75) is 25.3 Å². The van der Waals surface area contributed by atoms with Gasteiger partial charge in [-0.3, -0.25) is 4.79 Å². The number of carbonyl (C=O) groups is 2. The van der Waals surface area contributed by atoms with Crippen molar-refractivity contribution in [1.82, 2.24) is 16.0 Å². The third kappa shape index (κ3) is 2.74. The van der Waals surface area contributed by atoms with E-state index >= 15 is 0 Å². The molecule has 0 unspecified atom stereocenters. The summed E-state index contributed by atoms with van der Waals surface area (Å²) in [7, 11) is 0. The maximum Gasteiger partial charge on any atom is 0.315 e. The highest BCUT2D eigenvalue weighted by molar-refractivity contribution is 5.90. The second-order valence-corrected chi connectivity index (χ2v) is 4.30. The minimum Gasteiger partial charge on any atom is -0.354 e. The van der Waals surface area contributed by atoms with Crippen LogP contribution in [0.25, 0.3) is 0 Å². The van der Waals surface area contributed by atoms with Gasteiger partial charge in [0.25, 0.3) is 0 Å². The molecular formula is C11H17N3O2. The van der Waals surface area contributed by atoms with E-state index in [0.29, 0.717) is 19.0 Å². The zero-order valence-electron chi connectivity index (χ0n) is 9.16. The van der Waals surface area contributed by atoms with Gasteiger partial charge in [0.1, 0.15) is 6.04 Å². The minimum atomic E-state index is -0.411. The van der Waals surface area contributed by atoms with Gasteiger partial charge >= 0.3 is 6.03 Å². The first-order valence-electron chi connectivity index (χ1n) is 5.73. The largest absolute Gasteiger partial charge is 0.354 e. The van der Waals surface area contributed by atoms with Crippen molar-refractivity contribution < 1.29 is 9.59 Å². The summed E-state index contributed by atoms with van der Waals surface area (Å²) in [6, 6.07) is -0.674. The van der Waals surface area contributed by atoms with Crippen molar-refractivity contribution in [1.29, 1.82) is 0 Å². The number of nitrogens with one attached hydrogen (secondary N) is 3. The van der Waals surface area contributed by atoms with E-state index in [0.717, 1.165) is 19.3 Å². The average Bonchev–Trinajstić information content (AvgIpc) is 2.74. The topological polar surface area (TPSA) is 70.2 Å². The van der Waals surface area contributed by atoms with Crippen LogP contribution in [0.3, 0.4) is 0 Å². The lowest BCUT2D eigenvalue weighted by Gasteiger charge is -2.19. The Labute approximate surface area is 94.7 Å². The first-order chi connectivity index (χ1) is 7.75. The first kappa shape index (κ1) is 11.0. The number of carbonyl (C=O) groups excluding carboxylic acids is 2. The third-order valence-electron chi connectivity index (χ3n) is 3.03. The van der Waals surface area contributed by atoms with Crippen molar-refractivity contribution in [3.05, 3.63) is 12.2 Å². The summed E-state index contributed by atoms with van der Waals surface area (Å²) in [5, 5.41) is 8.02. The summed E-state index contributed by atoms with van der Waals surface area (Å²) in [5.41, 5.74) is 0. The van der Waals surface area contributed by atoms with E-state index < -0.39 is 6.04 Å². The Balaban J connectivity index is 1.71. The zero-order chi connectivity index (χ0) is 11.4. The Morgan fingerprint density at radius 1 is 1.50 bits per heavy atom. The monoisotopic (exact) mass is 223 g/mol. The summed E-state index contributed by atoms with van der Waals surface area (Å²) in [6.07, 6.45) is 7.61. The molecule has 0 aromatic carbocycles. The average molecular weight is 223 g/mol. The van der Waals surface area contributed by atoms with Crippen LogP contribution in [-0.2, 0) is 4.79 Å². The van der Waals surface area contributed by atoms with Crippen molar-refractivity contribution in [2.75, 3.05) is 13.1 Å². The molecule has 0 radical (unpaired) electrons. The minimum absolute atomic E-state index is 0.0899. The predicted molar refractivity (Wildman–Crippen MR) is 59.8 cm³/mol. The molecule has 1 fully saturated rings. The van der Waals surface area contributed by atoms with Crippen molar-refractivity contribution in [3.8, 4) is 0 Å². The molecule has 1 saturated heterocycles. The number of allylic oxidation sites excluding steroid dienone is 2. The van der Waals surface area contributed by atoms with Gasteiger partial charge < -0.3 is 16.0 Å². The fraction of sp³-hybridized carbons (Fsp3) is 0.636. The smallest absolute Gasteiger partial charge is 0.315 e. The van der Waals surface area contributed by atoms with Gasteiger partial charge in [0, 0.05) is 13.1 Å². The molecule has 16 heavy (non-hydrogen) atoms. The van der Waals surface area contributed by atoms with E-state index in [1.807, 2.05) is 0 Å². The fourth-order valence-corrected chi connectivity index (χ4v) is 2.02. The Bertz CT molecular complexity index is 314. The van der Waals surface area contributed by atoms with Crippen LogP contribution in [0, 0.1) is 5.92 Å². The molecule has 88 valence electrons. The highest BCUT2D eigenvalue weighted by atomic mass is 16.2. The van der Waals surface area contributed by atoms with Crippen LogP contribution in [0.5, 0.6) is 0 Å². The molecule has 1 aliphatic heterocycles. The summed E-state index contributed by atoms with van der Waals surface area (Å²) in [4.78, 5) is 22.5. The Morgan fingerprint density at radius 3 is 3.00 bits per heavy atom. The van der Waals surface area contributed by atoms with Gasteiger partial charge in [-0.1, -0.05) is 12.2 Å². The zero-order valence-corrected chi connectivity index (χ0v) is 9.16. The third-order valence-corrected chi connectivity index (χ3v) is 3.03. The number of hydrogen-bond donors (Lipinski definition) is 3. The maximum absolute atomic E-state index is 11.6. The lowest BCUT2D eigenvalue weighted by molar-refractivity contribution is -0.122. The van der Waals surface area contributed by atoms with Crippen LogP contribution in [0.4, 0.5) is 4.79 Å². The molecule has 2 rings (SSSR count). The van der Waals surface area contributed by atoms with Crippen LogP contribution < -0.4 is 16.0 Å². The quantitative estimate of drug-likeness (QED) is 0.596. The van der Waals surface area contributed by atoms with Gasteiger partial charge in [-0.15, -0.1) is 0 Å². The Morgan fingerprint density at radius 2 is 2.38 bits per heavy atom. The van der Waals surface area contributed by atoms with Gasteiger partial charge in [-0.05, 0) is 25.2 Å². The van der Waals surface area contributed by atoms with Crippen LogP contribution in [-0.4, -0.2) is 31.1 Å². The molecule has 0 saturated carbocycles. The predicted octanol–water partition coefficient (Wildman–Crippen LogP) is 0.140. The van der Waals surface area contributed by atoms with Crippen LogP contribution in [0.2, 0.25) is 0 Å². The summed E-state index contributed by atoms with van der Waals surface area (Å²) in [5.74, 6) is 0.451. The fourth-order valence-electron chi connectivity index (χ4n) is 2.02. The lowest BCUT2D eigenvalue weighted by Crippen LogP contribution is -2.44. The summed E-state index contributed by atoms with van der Waals surface area (Å²) >= 11 is 0. The maximum atomic E-state index is 11.6. The van der Waals surface area contributed by atoms with Crippen molar-refractivity contribution in [2.24, 2.45) is 5.92 Å². The SMILES string of the molecule is O=C1NC[C@H](C(=O)NC[C@H]2CC=CCC2)N1. The molecule has 2 aliphatic rings. The van der Waals surface area contributed by atoms with E-state index in [-0.39, 0.29) is 11.9 Å². The van der Waals surface area contributed by atoms with E-state index in [4.69, 9.17) is 0 Å². The molecule has 0 aromatic rings. The summed E-state index contributed by atoms with van der Waals surface area (Å²) < 4.78 is 0. The van der Waals surface area contributed by atoms with Crippen LogP contribution in [0.1, 0.15) is 19.3 Å². The molecule has 5 heteroatoms. The Kier molecular flexibility index (Phi) is 3.44. The van der Waals surface area contributed by atoms with Crippen molar-refractivity contribution in [3.63, 3.8) is 0 Å². The van der Waals surface area contributed by atoms with Gasteiger partial charge in [0.05, 0.1) is 0 Å². The van der Waals surface area contributed by atoms with E-state index in [1.54, 1.807) is 0 Å². The van der Waals surface area contributed by atoms with Gasteiger partial charge in [0.2, 0.25) is 5.91 Å². The molecule has 3 amide bonds. The molecule has 5 nitrogen and oxygen atoms in total. The van der Waals surface area contributed by atoms with Gasteiger partial charge in [-0.2, -0.15) is 0 Å². The lowest BCUT2D eigenvalue weighted by atomic mass is 9.94. The highest BCUT2D eigenvalue weighted by Gasteiger charge is 2.26. The van der Waals surface area contributed by atoms with E-state index in [9.17, 15) is 9.59 Å². The van der Waals surface area contributed by atoms with Gasteiger partial charge in [0.15, 0.2) is 0 Å². The number of amides is 3. The second-order valence-electron chi connectivity index (χ2n) is 4.30. The molecule has 1 heterocycles. The molecular weight excluding hydrogens is 206 g/mol. The van der Waals surface area contributed by atoms with Crippen molar-refractivity contribution >= 4 is 11.9 Å². The van der Waals surface area contributed by atoms with Gasteiger partial charge in [-0.25, -0.2) is 4.79 Å². The van der Waals surface area contributed by atoms with E-state index in [2.05, 4.69) is 28.1 Å². The molecule has 0 bridgehead atoms. The second kappa shape index (κ2) is 5.01. The van der Waals surface area contributed by atoms with E-state index in [1.165, 1.54) is 0 Å². The number of rotatable bonds is 3. The molecule has 2 atom stereocenters. The highest BCUT2D eigenvalue weighted by Crippen LogP contribution is 2.16.